The molecule has 0 unspecified atom stereocenters. The van der Waals surface area contributed by atoms with Crippen LogP contribution in [0.2, 0.25) is 0 Å². The van der Waals surface area contributed by atoms with Gasteiger partial charge in [-0.25, -0.2) is 13.4 Å². The maximum Gasteiger partial charge on any atom is 0.326 e. The highest BCUT2D eigenvalue weighted by atomic mass is 32.2. The van der Waals surface area contributed by atoms with Crippen molar-refractivity contribution in [3.63, 3.8) is 0 Å². The van der Waals surface area contributed by atoms with Crippen LogP contribution in [0.1, 0.15) is 37.6 Å². The number of imidazole rings is 1. The van der Waals surface area contributed by atoms with Gasteiger partial charge in [-0.2, -0.15) is 4.72 Å². The van der Waals surface area contributed by atoms with Gasteiger partial charge in [-0.1, -0.05) is 18.2 Å². The molecular weight excluding hydrogens is 496 g/mol. The van der Waals surface area contributed by atoms with Crippen molar-refractivity contribution in [1.29, 1.82) is 0 Å². The van der Waals surface area contributed by atoms with Crippen molar-refractivity contribution in [2.45, 2.75) is 50.3 Å². The second kappa shape index (κ2) is 12.5. The molecule has 1 amide bonds. The first-order valence-corrected chi connectivity index (χ1v) is 13.3. The Morgan fingerprint density at radius 1 is 1.05 bits per heavy atom. The number of rotatable bonds is 12. The summed E-state index contributed by atoms with van der Waals surface area (Å²) in [6.07, 6.45) is 6.14. The molecule has 0 aliphatic heterocycles. The summed E-state index contributed by atoms with van der Waals surface area (Å²) < 4.78 is 41.0. The highest BCUT2D eigenvalue weighted by Gasteiger charge is 2.30. The summed E-state index contributed by atoms with van der Waals surface area (Å²) in [4.78, 5) is 29.4. The number of benzene rings is 2. The first-order chi connectivity index (χ1) is 17.5. The number of aromatic nitrogens is 2. The zero-order chi connectivity index (χ0) is 26.9. The zero-order valence-corrected chi connectivity index (χ0v) is 21.9. The Balaban J connectivity index is 1.58. The lowest BCUT2D eigenvalue weighted by Gasteiger charge is -2.24. The fourth-order valence-corrected chi connectivity index (χ4v) is 4.46. The molecule has 0 saturated carbocycles. The highest BCUT2D eigenvalue weighted by Crippen LogP contribution is 2.14. The lowest BCUT2D eigenvalue weighted by molar-refractivity contribution is -0.156. The Labute approximate surface area is 217 Å². The van der Waals surface area contributed by atoms with Gasteiger partial charge in [0.25, 0.3) is 5.91 Å². The molecule has 3 aromatic rings. The van der Waals surface area contributed by atoms with Crippen LogP contribution in [-0.4, -0.2) is 54.6 Å². The molecule has 11 heteroatoms. The van der Waals surface area contributed by atoms with E-state index in [1.807, 2.05) is 10.8 Å². The Kier molecular flexibility index (Phi) is 9.42. The largest absolute Gasteiger partial charge is 0.494 e. The zero-order valence-electron chi connectivity index (χ0n) is 21.1. The molecule has 0 aliphatic rings. The fourth-order valence-electron chi connectivity index (χ4n) is 3.26. The van der Waals surface area contributed by atoms with Gasteiger partial charge in [0.1, 0.15) is 17.4 Å². The minimum atomic E-state index is -4.03. The van der Waals surface area contributed by atoms with Gasteiger partial charge in [-0.05, 0) is 63.6 Å². The molecule has 1 heterocycles. The van der Waals surface area contributed by atoms with Crippen molar-refractivity contribution >= 4 is 21.9 Å². The molecule has 1 aromatic heterocycles. The molecule has 2 aromatic carbocycles. The number of sulfonamides is 1. The van der Waals surface area contributed by atoms with Crippen LogP contribution < -0.4 is 14.8 Å². The van der Waals surface area contributed by atoms with Crippen molar-refractivity contribution in [2.75, 3.05) is 13.2 Å². The molecule has 0 fully saturated rings. The van der Waals surface area contributed by atoms with Crippen LogP contribution in [-0.2, 0) is 26.1 Å². The van der Waals surface area contributed by atoms with E-state index in [9.17, 15) is 18.0 Å². The first kappa shape index (κ1) is 27.9. The van der Waals surface area contributed by atoms with Crippen molar-refractivity contribution in [3.05, 3.63) is 78.9 Å². The van der Waals surface area contributed by atoms with E-state index in [0.29, 0.717) is 17.9 Å². The number of carbonyl (C=O) groups is 2. The second-order valence-electron chi connectivity index (χ2n) is 9.26. The number of carbonyl (C=O) groups excluding carboxylic acids is 2. The summed E-state index contributed by atoms with van der Waals surface area (Å²) in [7, 11) is -4.03. The minimum absolute atomic E-state index is 0.00417. The number of nitrogens with one attached hydrogen (secondary N) is 2. The molecule has 0 spiro atoms. The van der Waals surface area contributed by atoms with E-state index in [2.05, 4.69) is 15.0 Å². The third-order valence-corrected chi connectivity index (χ3v) is 6.50. The van der Waals surface area contributed by atoms with Crippen molar-refractivity contribution < 1.29 is 27.5 Å². The molecule has 2 N–H and O–H groups in total. The monoisotopic (exact) mass is 528 g/mol. The predicted octanol–water partition coefficient (Wildman–Crippen LogP) is 2.77. The van der Waals surface area contributed by atoms with Crippen molar-refractivity contribution in [3.8, 4) is 5.75 Å². The van der Waals surface area contributed by atoms with E-state index in [-0.39, 0.29) is 11.4 Å². The van der Waals surface area contributed by atoms with E-state index >= 15 is 0 Å². The molecule has 3 rings (SSSR count). The number of hydrogen-bond acceptors (Lipinski definition) is 7. The van der Waals surface area contributed by atoms with Crippen molar-refractivity contribution in [2.24, 2.45) is 0 Å². The maximum atomic E-state index is 12.8. The minimum Gasteiger partial charge on any atom is -0.494 e. The Morgan fingerprint density at radius 3 is 2.38 bits per heavy atom. The summed E-state index contributed by atoms with van der Waals surface area (Å²) in [6, 6.07) is 12.9. The molecule has 1 atom stereocenters. The summed E-state index contributed by atoms with van der Waals surface area (Å²) in [5.41, 5.74) is -0.508. The number of esters is 1. The maximum absolute atomic E-state index is 12.8. The summed E-state index contributed by atoms with van der Waals surface area (Å²) in [6.45, 7) is 6.01. The fraction of sp³-hybridized carbons (Fsp3) is 0.346. The first-order valence-electron chi connectivity index (χ1n) is 11.8. The molecule has 198 valence electrons. The third-order valence-electron chi connectivity index (χ3n) is 5.01. The van der Waals surface area contributed by atoms with Crippen LogP contribution in [0.15, 0.2) is 78.2 Å². The van der Waals surface area contributed by atoms with E-state index < -0.39 is 33.5 Å². The van der Waals surface area contributed by atoms with Crippen molar-refractivity contribution in [1.82, 2.24) is 19.6 Å². The Bertz CT molecular complexity index is 1250. The van der Waals surface area contributed by atoms with Gasteiger partial charge in [-0.15, -0.1) is 0 Å². The number of nitrogens with zero attached hydrogens (tertiary/aromatic N) is 2. The van der Waals surface area contributed by atoms with Crippen LogP contribution in [0.5, 0.6) is 5.75 Å². The number of amides is 1. The summed E-state index contributed by atoms with van der Waals surface area (Å²) in [5, 5.41) is 2.61. The van der Waals surface area contributed by atoms with Gasteiger partial charge in [0.05, 0.1) is 17.8 Å². The Morgan fingerprint density at radius 2 is 1.76 bits per heavy atom. The van der Waals surface area contributed by atoms with Crippen LogP contribution in [0, 0.1) is 0 Å². The van der Waals surface area contributed by atoms with Gasteiger partial charge in [0.2, 0.25) is 10.0 Å². The van der Waals surface area contributed by atoms with Gasteiger partial charge in [0, 0.05) is 31.0 Å². The van der Waals surface area contributed by atoms with Crippen LogP contribution in [0.25, 0.3) is 0 Å². The lowest BCUT2D eigenvalue weighted by Crippen LogP contribution is -2.50. The predicted molar refractivity (Wildman–Crippen MR) is 138 cm³/mol. The van der Waals surface area contributed by atoms with Gasteiger partial charge in [-0.3, -0.25) is 9.59 Å². The Hall–Kier alpha value is -3.70. The normalized spacial score (nSPS) is 12.5. The van der Waals surface area contributed by atoms with Crippen LogP contribution in [0.4, 0.5) is 0 Å². The highest BCUT2D eigenvalue weighted by molar-refractivity contribution is 7.89. The average Bonchev–Trinajstić information content (AvgIpc) is 3.38. The number of hydrogen-bond donors (Lipinski definition) is 2. The average molecular weight is 529 g/mol. The molecule has 0 bridgehead atoms. The second-order valence-corrected chi connectivity index (χ2v) is 11.0. The molecule has 0 radical (unpaired) electrons. The molecule has 37 heavy (non-hydrogen) atoms. The van der Waals surface area contributed by atoms with Crippen LogP contribution in [0.3, 0.4) is 0 Å². The van der Waals surface area contributed by atoms with E-state index in [0.717, 1.165) is 13.0 Å². The van der Waals surface area contributed by atoms with Gasteiger partial charge >= 0.3 is 5.97 Å². The number of aryl methyl sites for hydroxylation is 1. The van der Waals surface area contributed by atoms with E-state index in [1.54, 1.807) is 75.8 Å². The standard InChI is InChI=1S/C26H32N4O6S/c1-26(2,3)36-25(32)23(29-37(33,34)22-8-5-4-6-9-22)18-28-24(31)20-10-12-21(13-11-20)35-17-7-15-30-16-14-27-19-30/h4-6,8-14,16,19,23,29H,7,15,17-18H2,1-3H3,(H,28,31)/t23-/m0/s1. The van der Waals surface area contributed by atoms with E-state index in [4.69, 9.17) is 9.47 Å². The quantitative estimate of drug-likeness (QED) is 0.273. The van der Waals surface area contributed by atoms with Gasteiger partial charge < -0.3 is 19.4 Å². The van der Waals surface area contributed by atoms with E-state index in [1.165, 1.54) is 12.1 Å². The SMILES string of the molecule is CC(C)(C)OC(=O)[C@H](CNC(=O)c1ccc(OCCCn2ccnc2)cc1)NS(=O)(=O)c1ccccc1. The molecule has 0 saturated heterocycles. The number of ether oxygens (including phenoxy) is 2. The van der Waals surface area contributed by atoms with Gasteiger partial charge in [0.15, 0.2) is 0 Å². The molecule has 0 aliphatic carbocycles. The third kappa shape index (κ3) is 9.03. The molecular formula is C26H32N4O6S. The van der Waals surface area contributed by atoms with Crippen LogP contribution >= 0.6 is 0 Å². The smallest absolute Gasteiger partial charge is 0.326 e. The topological polar surface area (TPSA) is 129 Å². The molecule has 10 nitrogen and oxygen atoms in total. The lowest BCUT2D eigenvalue weighted by atomic mass is 10.2. The summed E-state index contributed by atoms with van der Waals surface area (Å²) >= 11 is 0. The summed E-state index contributed by atoms with van der Waals surface area (Å²) in [5.74, 6) is -0.657.